The highest BCUT2D eigenvalue weighted by Crippen LogP contribution is 2.30. The van der Waals surface area contributed by atoms with Crippen molar-refractivity contribution >= 4 is 39.9 Å². The van der Waals surface area contributed by atoms with E-state index < -0.39 is 0 Å². The van der Waals surface area contributed by atoms with Crippen molar-refractivity contribution < 1.29 is 4.79 Å². The molecule has 0 bridgehead atoms. The zero-order chi connectivity index (χ0) is 11.1. The molecule has 1 aromatic rings. The molecule has 1 amide bonds. The first-order valence-corrected chi connectivity index (χ1v) is 5.92. The first-order chi connectivity index (χ1) is 6.99. The van der Waals surface area contributed by atoms with E-state index in [1.807, 2.05) is 32.0 Å². The molecule has 0 saturated heterocycles. The molecule has 1 aromatic carbocycles. The van der Waals surface area contributed by atoms with Crippen LogP contribution in [0.15, 0.2) is 18.2 Å². The molecule has 0 radical (unpaired) electrons. The lowest BCUT2D eigenvalue weighted by Gasteiger charge is -2.19. The second-order valence-electron chi connectivity index (χ2n) is 4.38. The van der Waals surface area contributed by atoms with Crippen molar-refractivity contribution in [2.45, 2.75) is 13.8 Å². The summed E-state index contributed by atoms with van der Waals surface area (Å²) in [6, 6.07) is 6.00. The first kappa shape index (κ1) is 10.7. The van der Waals surface area contributed by atoms with E-state index in [0.717, 1.165) is 14.9 Å². The molecule has 0 saturated carbocycles. The Morgan fingerprint density at radius 1 is 1.33 bits per heavy atom. The van der Waals surface area contributed by atoms with E-state index in [-0.39, 0.29) is 11.3 Å². The van der Waals surface area contributed by atoms with Gasteiger partial charge in [-0.15, -0.1) is 0 Å². The van der Waals surface area contributed by atoms with Gasteiger partial charge in [-0.3, -0.25) is 4.79 Å². The molecule has 0 fully saturated rings. The molecule has 1 aliphatic rings. The Kier molecular flexibility index (Phi) is 2.62. The first-order valence-electron chi connectivity index (χ1n) is 4.84. The van der Waals surface area contributed by atoms with Crippen LogP contribution in [0, 0.1) is 8.99 Å². The van der Waals surface area contributed by atoms with E-state index in [0.29, 0.717) is 6.54 Å². The van der Waals surface area contributed by atoms with E-state index in [9.17, 15) is 4.79 Å². The molecule has 0 aromatic heterocycles. The van der Waals surface area contributed by atoms with Crippen molar-refractivity contribution in [2.75, 3.05) is 17.2 Å². The molecule has 0 unspecified atom stereocenters. The number of carbonyl (C=O) groups is 1. The number of rotatable bonds is 0. The number of amides is 1. The predicted molar refractivity (Wildman–Crippen MR) is 70.1 cm³/mol. The highest BCUT2D eigenvalue weighted by molar-refractivity contribution is 14.1. The fraction of sp³-hybridized carbons (Fsp3) is 0.364. The molecular formula is C11H13IN2O. The Morgan fingerprint density at radius 3 is 2.80 bits per heavy atom. The van der Waals surface area contributed by atoms with E-state index >= 15 is 0 Å². The summed E-state index contributed by atoms with van der Waals surface area (Å²) in [6.07, 6.45) is 0. The normalized spacial score (nSPS) is 18.5. The summed E-state index contributed by atoms with van der Waals surface area (Å²) in [7, 11) is 0. The molecule has 2 N–H and O–H groups in total. The smallest absolute Gasteiger partial charge is 0.231 e. The fourth-order valence-electron chi connectivity index (χ4n) is 1.46. The standard InChI is InChI=1S/C11H13IN2O/c1-11(2)6-13-8-4-3-7(12)5-9(8)14-10(11)15/h3-5,13H,6H2,1-2H3,(H,14,15). The molecule has 0 atom stereocenters. The molecule has 1 heterocycles. The predicted octanol–water partition coefficient (Wildman–Crippen LogP) is 2.68. The molecule has 0 spiro atoms. The van der Waals surface area contributed by atoms with E-state index in [1.165, 1.54) is 0 Å². The summed E-state index contributed by atoms with van der Waals surface area (Å²) in [5, 5.41) is 6.23. The van der Waals surface area contributed by atoms with Gasteiger partial charge < -0.3 is 10.6 Å². The van der Waals surface area contributed by atoms with Gasteiger partial charge in [0.2, 0.25) is 5.91 Å². The van der Waals surface area contributed by atoms with Crippen molar-refractivity contribution in [3.05, 3.63) is 21.8 Å². The highest BCUT2D eigenvalue weighted by Gasteiger charge is 2.30. The minimum Gasteiger partial charge on any atom is -0.382 e. The van der Waals surface area contributed by atoms with Crippen molar-refractivity contribution in [2.24, 2.45) is 5.41 Å². The summed E-state index contributed by atoms with van der Waals surface area (Å²) in [6.45, 7) is 4.53. The summed E-state index contributed by atoms with van der Waals surface area (Å²) in [5.41, 5.74) is 1.50. The van der Waals surface area contributed by atoms with Crippen LogP contribution in [0.25, 0.3) is 0 Å². The average molecular weight is 316 g/mol. The van der Waals surface area contributed by atoms with Crippen molar-refractivity contribution in [3.8, 4) is 0 Å². The van der Waals surface area contributed by atoms with Crippen molar-refractivity contribution in [1.29, 1.82) is 0 Å². The van der Waals surface area contributed by atoms with Crippen LogP contribution in [0.5, 0.6) is 0 Å². The number of halogens is 1. The monoisotopic (exact) mass is 316 g/mol. The average Bonchev–Trinajstić information content (AvgIpc) is 2.25. The second-order valence-corrected chi connectivity index (χ2v) is 5.63. The fourth-order valence-corrected chi connectivity index (χ4v) is 1.95. The third-order valence-corrected chi connectivity index (χ3v) is 3.24. The molecule has 3 nitrogen and oxygen atoms in total. The second kappa shape index (κ2) is 3.66. The number of hydrogen-bond acceptors (Lipinski definition) is 2. The summed E-state index contributed by atoms with van der Waals surface area (Å²) in [4.78, 5) is 11.9. The lowest BCUT2D eigenvalue weighted by atomic mass is 9.93. The van der Waals surface area contributed by atoms with Crippen LogP contribution in [-0.2, 0) is 4.79 Å². The van der Waals surface area contributed by atoms with Crippen LogP contribution in [0.2, 0.25) is 0 Å². The summed E-state index contributed by atoms with van der Waals surface area (Å²) < 4.78 is 1.12. The molecule has 4 heteroatoms. The molecular weight excluding hydrogens is 303 g/mol. The van der Waals surface area contributed by atoms with Crippen LogP contribution in [0.1, 0.15) is 13.8 Å². The number of carbonyl (C=O) groups excluding carboxylic acids is 1. The lowest BCUT2D eigenvalue weighted by molar-refractivity contribution is -0.123. The van der Waals surface area contributed by atoms with Crippen LogP contribution in [0.3, 0.4) is 0 Å². The summed E-state index contributed by atoms with van der Waals surface area (Å²) >= 11 is 2.24. The van der Waals surface area contributed by atoms with Crippen LogP contribution in [-0.4, -0.2) is 12.5 Å². The molecule has 0 aliphatic carbocycles. The Labute approximate surface area is 103 Å². The van der Waals surface area contributed by atoms with Crippen molar-refractivity contribution in [1.82, 2.24) is 0 Å². The van der Waals surface area contributed by atoms with Gasteiger partial charge in [-0.2, -0.15) is 0 Å². The van der Waals surface area contributed by atoms with Crippen LogP contribution >= 0.6 is 22.6 Å². The van der Waals surface area contributed by atoms with Gasteiger partial charge in [-0.05, 0) is 54.6 Å². The zero-order valence-corrected chi connectivity index (χ0v) is 10.9. The van der Waals surface area contributed by atoms with Gasteiger partial charge in [0.05, 0.1) is 16.8 Å². The highest BCUT2D eigenvalue weighted by atomic mass is 127. The van der Waals surface area contributed by atoms with E-state index in [1.54, 1.807) is 0 Å². The van der Waals surface area contributed by atoms with Gasteiger partial charge in [-0.1, -0.05) is 0 Å². The Bertz CT molecular complexity index is 415. The van der Waals surface area contributed by atoms with Crippen molar-refractivity contribution in [3.63, 3.8) is 0 Å². The maximum absolute atomic E-state index is 11.9. The largest absolute Gasteiger partial charge is 0.382 e. The van der Waals surface area contributed by atoms with Crippen LogP contribution < -0.4 is 10.6 Å². The Hall–Kier alpha value is -0.780. The molecule has 15 heavy (non-hydrogen) atoms. The van der Waals surface area contributed by atoms with Gasteiger partial charge in [-0.25, -0.2) is 0 Å². The van der Waals surface area contributed by atoms with Crippen LogP contribution in [0.4, 0.5) is 11.4 Å². The maximum atomic E-state index is 11.9. The number of benzene rings is 1. The van der Waals surface area contributed by atoms with E-state index in [4.69, 9.17) is 0 Å². The molecule has 80 valence electrons. The van der Waals surface area contributed by atoms with Gasteiger partial charge in [0.25, 0.3) is 0 Å². The van der Waals surface area contributed by atoms with Gasteiger partial charge in [0.1, 0.15) is 0 Å². The summed E-state index contributed by atoms with van der Waals surface area (Å²) in [5.74, 6) is 0.0655. The third-order valence-electron chi connectivity index (χ3n) is 2.57. The zero-order valence-electron chi connectivity index (χ0n) is 8.73. The molecule has 1 aliphatic heterocycles. The third kappa shape index (κ3) is 2.09. The van der Waals surface area contributed by atoms with Gasteiger partial charge >= 0.3 is 0 Å². The van der Waals surface area contributed by atoms with Gasteiger partial charge in [0.15, 0.2) is 0 Å². The van der Waals surface area contributed by atoms with Gasteiger partial charge in [0, 0.05) is 10.1 Å². The Morgan fingerprint density at radius 2 is 2.07 bits per heavy atom. The Balaban J connectivity index is 2.40. The number of nitrogens with one attached hydrogen (secondary N) is 2. The quantitative estimate of drug-likeness (QED) is 0.723. The SMILES string of the molecule is CC1(C)CNc2ccc(I)cc2NC1=O. The van der Waals surface area contributed by atoms with E-state index in [2.05, 4.69) is 33.2 Å². The lowest BCUT2D eigenvalue weighted by Crippen LogP contribution is -2.34. The minimum atomic E-state index is -0.371. The molecule has 2 rings (SSSR count). The number of anilines is 2. The minimum absolute atomic E-state index is 0.0655. The maximum Gasteiger partial charge on any atom is 0.231 e. The number of fused-ring (bicyclic) bond motifs is 1. The topological polar surface area (TPSA) is 41.1 Å². The number of hydrogen-bond donors (Lipinski definition) is 2.